The standard InChI is InChI=1S/C5H3N5S/c11-10-5-3-4(7-1-6-3)8-2-9-5/h1-2H,(H,6,7,8,9). The number of nitrogens with zero attached hydrogens (tertiary/aromatic N) is 4. The molecule has 0 saturated heterocycles. The summed E-state index contributed by atoms with van der Waals surface area (Å²) in [5, 5.41) is 0. The van der Waals surface area contributed by atoms with Crippen LogP contribution in [0.2, 0.25) is 0 Å². The molecule has 11 heavy (non-hydrogen) atoms. The molecule has 2 heterocycles. The molecule has 0 spiro atoms. The van der Waals surface area contributed by atoms with Gasteiger partial charge in [-0.3, -0.25) is 0 Å². The van der Waals surface area contributed by atoms with Crippen molar-refractivity contribution in [3.8, 4) is 0 Å². The van der Waals surface area contributed by atoms with E-state index in [0.29, 0.717) is 17.0 Å². The maximum atomic E-state index is 4.50. The molecule has 0 aliphatic heterocycles. The zero-order chi connectivity index (χ0) is 7.68. The second-order valence-corrected chi connectivity index (χ2v) is 2.07. The summed E-state index contributed by atoms with van der Waals surface area (Å²) in [5.41, 5.74) is 1.27. The van der Waals surface area contributed by atoms with Gasteiger partial charge in [0.05, 0.1) is 6.33 Å². The van der Waals surface area contributed by atoms with Crippen LogP contribution in [0.5, 0.6) is 0 Å². The quantitative estimate of drug-likeness (QED) is 0.675. The topological polar surface area (TPSA) is 66.8 Å². The van der Waals surface area contributed by atoms with Crippen LogP contribution in [0.3, 0.4) is 0 Å². The zero-order valence-corrected chi connectivity index (χ0v) is 6.17. The Bertz CT molecular complexity index is 394. The molecule has 2 aromatic rings. The SMILES string of the molecule is S=Nc1ncnc2nc[nH]c12. The van der Waals surface area contributed by atoms with Crippen molar-refractivity contribution >= 4 is 29.4 Å². The van der Waals surface area contributed by atoms with Crippen molar-refractivity contribution in [3.63, 3.8) is 0 Å². The van der Waals surface area contributed by atoms with E-state index < -0.39 is 0 Å². The summed E-state index contributed by atoms with van der Waals surface area (Å²) in [6, 6.07) is 0. The number of nitrogens with one attached hydrogen (secondary N) is 1. The highest BCUT2D eigenvalue weighted by molar-refractivity contribution is 7.47. The number of hydrogen-bond acceptors (Lipinski definition) is 5. The van der Waals surface area contributed by atoms with E-state index in [-0.39, 0.29) is 0 Å². The molecule has 0 amide bonds. The number of imidazole rings is 1. The molecule has 0 bridgehead atoms. The Balaban J connectivity index is 2.88. The van der Waals surface area contributed by atoms with Crippen molar-refractivity contribution < 1.29 is 0 Å². The van der Waals surface area contributed by atoms with E-state index in [4.69, 9.17) is 0 Å². The fourth-order valence-corrected chi connectivity index (χ4v) is 0.960. The first kappa shape index (κ1) is 6.29. The van der Waals surface area contributed by atoms with Gasteiger partial charge in [0, 0.05) is 12.4 Å². The molecule has 0 atom stereocenters. The number of hydrogen-bond donors (Lipinski definition) is 1. The van der Waals surface area contributed by atoms with E-state index in [2.05, 4.69) is 36.7 Å². The first-order valence-electron chi connectivity index (χ1n) is 2.89. The second-order valence-electron chi connectivity index (χ2n) is 1.89. The third-order valence-corrected chi connectivity index (χ3v) is 1.46. The minimum absolute atomic E-state index is 0.461. The summed E-state index contributed by atoms with van der Waals surface area (Å²) in [4.78, 5) is 14.5. The van der Waals surface area contributed by atoms with E-state index in [1.165, 1.54) is 12.7 Å². The molecule has 0 aliphatic carbocycles. The average molecular weight is 165 g/mol. The van der Waals surface area contributed by atoms with E-state index >= 15 is 0 Å². The van der Waals surface area contributed by atoms with Crippen LogP contribution < -0.4 is 0 Å². The first-order chi connectivity index (χ1) is 5.42. The van der Waals surface area contributed by atoms with Crippen LogP contribution in [-0.4, -0.2) is 19.9 Å². The maximum absolute atomic E-state index is 4.50. The third kappa shape index (κ3) is 0.874. The molecule has 54 valence electrons. The monoisotopic (exact) mass is 165 g/mol. The molecule has 0 fully saturated rings. The molecule has 5 nitrogen and oxygen atoms in total. The largest absolute Gasteiger partial charge is 0.340 e. The van der Waals surface area contributed by atoms with Gasteiger partial charge in [-0.1, -0.05) is 0 Å². The van der Waals surface area contributed by atoms with Crippen LogP contribution in [0.1, 0.15) is 0 Å². The first-order valence-corrected chi connectivity index (χ1v) is 3.26. The summed E-state index contributed by atoms with van der Waals surface area (Å²) in [7, 11) is 0. The van der Waals surface area contributed by atoms with Crippen molar-refractivity contribution in [2.24, 2.45) is 4.36 Å². The summed E-state index contributed by atoms with van der Waals surface area (Å²) in [5.74, 6) is 0.461. The smallest absolute Gasteiger partial charge is 0.194 e. The lowest BCUT2D eigenvalue weighted by molar-refractivity contribution is 1.19. The van der Waals surface area contributed by atoms with Gasteiger partial charge in [0.25, 0.3) is 0 Å². The minimum atomic E-state index is 0.461. The molecular weight excluding hydrogens is 162 g/mol. The average Bonchev–Trinajstić information content (AvgIpc) is 2.50. The highest BCUT2D eigenvalue weighted by Crippen LogP contribution is 2.16. The van der Waals surface area contributed by atoms with E-state index in [1.54, 1.807) is 0 Å². The molecule has 6 heteroatoms. The fraction of sp³-hybridized carbons (Fsp3) is 0. The molecular formula is C5H3N5S. The second kappa shape index (κ2) is 2.31. The van der Waals surface area contributed by atoms with Crippen LogP contribution in [-0.2, 0) is 12.4 Å². The Morgan fingerprint density at radius 3 is 3.09 bits per heavy atom. The molecule has 0 aromatic carbocycles. The highest BCUT2D eigenvalue weighted by Gasteiger charge is 2.02. The van der Waals surface area contributed by atoms with Gasteiger partial charge in [0.1, 0.15) is 11.8 Å². The Morgan fingerprint density at radius 1 is 1.36 bits per heavy atom. The normalized spacial score (nSPS) is 10.2. The Morgan fingerprint density at radius 2 is 2.27 bits per heavy atom. The summed E-state index contributed by atoms with van der Waals surface area (Å²) in [6.07, 6.45) is 2.91. The Hall–Kier alpha value is -1.43. The Labute approximate surface area is 67.1 Å². The van der Waals surface area contributed by atoms with Crippen molar-refractivity contribution in [1.82, 2.24) is 19.9 Å². The predicted octanol–water partition coefficient (Wildman–Crippen LogP) is 0.715. The van der Waals surface area contributed by atoms with Crippen LogP contribution in [0.15, 0.2) is 17.0 Å². The molecule has 0 unspecified atom stereocenters. The Kier molecular flexibility index (Phi) is 1.32. The van der Waals surface area contributed by atoms with Crippen LogP contribution in [0.25, 0.3) is 11.2 Å². The lowest BCUT2D eigenvalue weighted by atomic mass is 10.5. The van der Waals surface area contributed by atoms with Gasteiger partial charge in [-0.2, -0.15) is 4.36 Å². The number of aromatic nitrogens is 4. The summed E-state index contributed by atoms with van der Waals surface area (Å²) < 4.78 is 3.53. The molecule has 2 aromatic heterocycles. The fourth-order valence-electron chi connectivity index (χ4n) is 0.822. The van der Waals surface area contributed by atoms with Crippen molar-refractivity contribution in [3.05, 3.63) is 12.7 Å². The number of fused-ring (bicyclic) bond motifs is 1. The van der Waals surface area contributed by atoms with Gasteiger partial charge in [0.15, 0.2) is 11.5 Å². The van der Waals surface area contributed by atoms with Gasteiger partial charge in [-0.05, 0) is 0 Å². The van der Waals surface area contributed by atoms with Gasteiger partial charge < -0.3 is 4.98 Å². The molecule has 0 saturated carbocycles. The van der Waals surface area contributed by atoms with E-state index in [1.807, 2.05) is 0 Å². The van der Waals surface area contributed by atoms with Crippen molar-refractivity contribution in [2.45, 2.75) is 0 Å². The number of H-pyrrole nitrogens is 1. The van der Waals surface area contributed by atoms with Crippen LogP contribution in [0.4, 0.5) is 5.82 Å². The minimum Gasteiger partial charge on any atom is -0.340 e. The van der Waals surface area contributed by atoms with Gasteiger partial charge in [-0.15, -0.1) is 0 Å². The highest BCUT2D eigenvalue weighted by atomic mass is 32.1. The maximum Gasteiger partial charge on any atom is 0.194 e. The third-order valence-electron chi connectivity index (χ3n) is 1.29. The van der Waals surface area contributed by atoms with Gasteiger partial charge in [0.2, 0.25) is 0 Å². The van der Waals surface area contributed by atoms with E-state index in [0.717, 1.165) is 0 Å². The molecule has 2 rings (SSSR count). The lowest BCUT2D eigenvalue weighted by Gasteiger charge is -1.88. The van der Waals surface area contributed by atoms with Gasteiger partial charge in [-0.25, -0.2) is 15.0 Å². The molecule has 0 radical (unpaired) electrons. The van der Waals surface area contributed by atoms with Crippen molar-refractivity contribution in [2.75, 3.05) is 0 Å². The lowest BCUT2D eigenvalue weighted by Crippen LogP contribution is -1.80. The van der Waals surface area contributed by atoms with Gasteiger partial charge >= 0.3 is 0 Å². The van der Waals surface area contributed by atoms with E-state index in [9.17, 15) is 0 Å². The molecule has 0 aliphatic rings. The summed E-state index contributed by atoms with van der Waals surface area (Å²) >= 11 is 4.50. The zero-order valence-electron chi connectivity index (χ0n) is 5.35. The van der Waals surface area contributed by atoms with Crippen LogP contribution in [0, 0.1) is 0 Å². The number of rotatable bonds is 1. The molecule has 1 N–H and O–H groups in total. The predicted molar refractivity (Wildman–Crippen MR) is 41.1 cm³/mol. The van der Waals surface area contributed by atoms with Crippen LogP contribution >= 0.6 is 0 Å². The number of aromatic amines is 1. The summed E-state index contributed by atoms with van der Waals surface area (Å²) in [6.45, 7) is 0. The van der Waals surface area contributed by atoms with Crippen molar-refractivity contribution in [1.29, 1.82) is 0 Å².